The normalized spacial score (nSPS) is 10.4. The molecule has 1 amide bonds. The predicted molar refractivity (Wildman–Crippen MR) is 96.8 cm³/mol. The molecule has 3 aromatic rings. The first-order valence-corrected chi connectivity index (χ1v) is 9.31. The summed E-state index contributed by atoms with van der Waals surface area (Å²) in [5, 5.41) is 26.3. The van der Waals surface area contributed by atoms with Gasteiger partial charge < -0.3 is 5.32 Å². The van der Waals surface area contributed by atoms with Crippen molar-refractivity contribution in [3.05, 3.63) is 51.2 Å². The van der Waals surface area contributed by atoms with Crippen LogP contribution in [0.3, 0.4) is 0 Å². The Balaban J connectivity index is 1.61. The minimum atomic E-state index is -0.269. The van der Waals surface area contributed by atoms with Gasteiger partial charge in [-0.1, -0.05) is 29.4 Å². The van der Waals surface area contributed by atoms with Crippen molar-refractivity contribution in [2.45, 2.75) is 11.7 Å². The Labute approximate surface area is 156 Å². The standard InChI is InChI=1S/C15H11ClN6OS2/c16-11-4-3-10(7-17)13(6-11)18-14(23)9-25-15-19-20-21-22(15)8-12-2-1-5-24-12/h1-6H,8-9H2,(H,18,23). The highest BCUT2D eigenvalue weighted by molar-refractivity contribution is 7.99. The second kappa shape index (κ2) is 8.11. The molecule has 0 saturated carbocycles. The highest BCUT2D eigenvalue weighted by atomic mass is 35.5. The monoisotopic (exact) mass is 390 g/mol. The van der Waals surface area contributed by atoms with Crippen LogP contribution in [0, 0.1) is 11.3 Å². The topological polar surface area (TPSA) is 96.5 Å². The molecule has 1 aromatic carbocycles. The molecule has 2 aromatic heterocycles. The molecule has 0 bridgehead atoms. The molecule has 3 rings (SSSR count). The highest BCUT2D eigenvalue weighted by Crippen LogP contribution is 2.22. The second-order valence-corrected chi connectivity index (χ2v) is 7.25. The van der Waals surface area contributed by atoms with Crippen molar-refractivity contribution >= 4 is 46.3 Å². The zero-order valence-corrected chi connectivity index (χ0v) is 15.1. The van der Waals surface area contributed by atoms with E-state index in [1.165, 1.54) is 11.8 Å². The summed E-state index contributed by atoms with van der Waals surface area (Å²) in [5.41, 5.74) is 0.740. The number of nitriles is 1. The first-order valence-electron chi connectivity index (χ1n) is 7.06. The van der Waals surface area contributed by atoms with Crippen LogP contribution in [-0.4, -0.2) is 31.9 Å². The third-order valence-corrected chi connectivity index (χ3v) is 5.15. The molecular weight excluding hydrogens is 380 g/mol. The summed E-state index contributed by atoms with van der Waals surface area (Å²) in [4.78, 5) is 13.3. The van der Waals surface area contributed by atoms with Gasteiger partial charge in [0.2, 0.25) is 11.1 Å². The van der Waals surface area contributed by atoms with Gasteiger partial charge in [-0.2, -0.15) is 5.26 Å². The van der Waals surface area contributed by atoms with Gasteiger partial charge in [0.1, 0.15) is 6.07 Å². The number of aromatic nitrogens is 4. The first kappa shape index (κ1) is 17.4. The molecule has 0 radical (unpaired) electrons. The summed E-state index contributed by atoms with van der Waals surface area (Å²) in [6.45, 7) is 0.557. The number of tetrazole rings is 1. The molecule has 0 fully saturated rings. The number of nitrogens with zero attached hydrogens (tertiary/aromatic N) is 5. The molecule has 0 aliphatic heterocycles. The van der Waals surface area contributed by atoms with Gasteiger partial charge >= 0.3 is 0 Å². The lowest BCUT2D eigenvalue weighted by Gasteiger charge is -2.07. The summed E-state index contributed by atoms with van der Waals surface area (Å²) in [5.74, 6) is -0.156. The fourth-order valence-corrected chi connectivity index (χ4v) is 3.52. The van der Waals surface area contributed by atoms with E-state index in [-0.39, 0.29) is 11.7 Å². The van der Waals surface area contributed by atoms with Gasteiger partial charge in [0.05, 0.1) is 23.5 Å². The summed E-state index contributed by atoms with van der Waals surface area (Å²) < 4.78 is 1.64. The number of halogens is 1. The van der Waals surface area contributed by atoms with E-state index < -0.39 is 0 Å². The maximum Gasteiger partial charge on any atom is 0.234 e. The predicted octanol–water partition coefficient (Wildman–Crippen LogP) is 3.04. The third-order valence-electron chi connectivity index (χ3n) is 3.09. The maximum atomic E-state index is 12.2. The van der Waals surface area contributed by atoms with Crippen molar-refractivity contribution in [2.24, 2.45) is 0 Å². The minimum absolute atomic E-state index is 0.113. The molecule has 7 nitrogen and oxygen atoms in total. The number of amides is 1. The van der Waals surface area contributed by atoms with Crippen LogP contribution < -0.4 is 5.32 Å². The second-order valence-electron chi connectivity index (χ2n) is 4.84. The molecule has 10 heteroatoms. The summed E-state index contributed by atoms with van der Waals surface area (Å²) >= 11 is 8.75. The number of hydrogen-bond donors (Lipinski definition) is 1. The van der Waals surface area contributed by atoms with Gasteiger partial charge in [-0.25, -0.2) is 4.68 Å². The van der Waals surface area contributed by atoms with Gasteiger partial charge in [-0.3, -0.25) is 4.79 Å². The van der Waals surface area contributed by atoms with E-state index in [4.69, 9.17) is 16.9 Å². The number of benzene rings is 1. The fraction of sp³-hybridized carbons (Fsp3) is 0.133. The smallest absolute Gasteiger partial charge is 0.234 e. The largest absolute Gasteiger partial charge is 0.324 e. The van der Waals surface area contributed by atoms with Gasteiger partial charge in [0.25, 0.3) is 0 Å². The lowest BCUT2D eigenvalue weighted by atomic mass is 10.2. The van der Waals surface area contributed by atoms with E-state index >= 15 is 0 Å². The average Bonchev–Trinajstić information content (AvgIpc) is 3.26. The molecule has 25 heavy (non-hydrogen) atoms. The van der Waals surface area contributed by atoms with Crippen LogP contribution in [0.1, 0.15) is 10.4 Å². The maximum absolute atomic E-state index is 12.2. The average molecular weight is 391 g/mol. The van der Waals surface area contributed by atoms with Gasteiger partial charge in [-0.05, 0) is 40.1 Å². The van der Waals surface area contributed by atoms with Crippen LogP contribution in [0.5, 0.6) is 0 Å². The van der Waals surface area contributed by atoms with Gasteiger partial charge in [0, 0.05) is 9.90 Å². The van der Waals surface area contributed by atoms with Crippen molar-refractivity contribution in [2.75, 3.05) is 11.1 Å². The number of rotatable bonds is 6. The number of carbonyl (C=O) groups excluding carboxylic acids is 1. The van der Waals surface area contributed by atoms with E-state index in [1.807, 2.05) is 23.6 Å². The van der Waals surface area contributed by atoms with E-state index in [9.17, 15) is 4.79 Å². The lowest BCUT2D eigenvalue weighted by molar-refractivity contribution is -0.113. The Morgan fingerprint density at radius 1 is 1.44 bits per heavy atom. The van der Waals surface area contributed by atoms with Crippen LogP contribution >= 0.6 is 34.7 Å². The molecule has 1 N–H and O–H groups in total. The number of nitrogens with one attached hydrogen (secondary N) is 1. The van der Waals surface area contributed by atoms with Crippen LogP contribution in [0.15, 0.2) is 40.9 Å². The van der Waals surface area contributed by atoms with Crippen molar-refractivity contribution < 1.29 is 4.79 Å². The Morgan fingerprint density at radius 3 is 3.08 bits per heavy atom. The van der Waals surface area contributed by atoms with E-state index in [1.54, 1.807) is 34.2 Å². The molecule has 126 valence electrons. The van der Waals surface area contributed by atoms with Crippen LogP contribution in [0.4, 0.5) is 5.69 Å². The molecule has 0 atom stereocenters. The van der Waals surface area contributed by atoms with Crippen LogP contribution in [-0.2, 0) is 11.3 Å². The molecule has 2 heterocycles. The third kappa shape index (κ3) is 4.57. The zero-order valence-electron chi connectivity index (χ0n) is 12.7. The Bertz CT molecular complexity index is 919. The Hall–Kier alpha value is -2.41. The Morgan fingerprint density at radius 2 is 2.32 bits per heavy atom. The van der Waals surface area contributed by atoms with E-state index in [0.717, 1.165) is 4.88 Å². The molecular formula is C15H11ClN6OS2. The summed E-state index contributed by atoms with van der Waals surface area (Å²) in [7, 11) is 0. The molecule has 0 saturated heterocycles. The number of hydrogen-bond acceptors (Lipinski definition) is 7. The minimum Gasteiger partial charge on any atom is -0.324 e. The Kier molecular flexibility index (Phi) is 5.65. The molecule has 0 aliphatic rings. The number of anilines is 1. The molecule has 0 unspecified atom stereocenters. The quantitative estimate of drug-likeness (QED) is 0.650. The van der Waals surface area contributed by atoms with Crippen molar-refractivity contribution in [1.29, 1.82) is 5.26 Å². The molecule has 0 spiro atoms. The van der Waals surface area contributed by atoms with E-state index in [2.05, 4.69) is 20.8 Å². The van der Waals surface area contributed by atoms with E-state index in [0.29, 0.717) is 28.0 Å². The van der Waals surface area contributed by atoms with Crippen LogP contribution in [0.2, 0.25) is 5.02 Å². The summed E-state index contributed by atoms with van der Waals surface area (Å²) in [6, 6.07) is 10.7. The fourth-order valence-electron chi connectivity index (χ4n) is 1.98. The SMILES string of the molecule is N#Cc1ccc(Cl)cc1NC(=O)CSc1nnnn1Cc1cccs1. The highest BCUT2D eigenvalue weighted by Gasteiger charge is 2.12. The zero-order chi connectivity index (χ0) is 17.6. The van der Waals surface area contributed by atoms with Crippen molar-refractivity contribution in [3.8, 4) is 6.07 Å². The van der Waals surface area contributed by atoms with Gasteiger partial charge in [-0.15, -0.1) is 16.4 Å². The van der Waals surface area contributed by atoms with Gasteiger partial charge in [0.15, 0.2) is 0 Å². The molecule has 0 aliphatic carbocycles. The number of thiophene rings is 1. The lowest BCUT2D eigenvalue weighted by Crippen LogP contribution is -2.15. The number of carbonyl (C=O) groups is 1. The van der Waals surface area contributed by atoms with Crippen molar-refractivity contribution in [1.82, 2.24) is 20.2 Å². The van der Waals surface area contributed by atoms with Crippen molar-refractivity contribution in [3.63, 3.8) is 0 Å². The van der Waals surface area contributed by atoms with Crippen LogP contribution in [0.25, 0.3) is 0 Å². The number of thioether (sulfide) groups is 1. The summed E-state index contributed by atoms with van der Waals surface area (Å²) in [6.07, 6.45) is 0. The first-order chi connectivity index (χ1) is 12.2.